The minimum atomic E-state index is 0.709. The van der Waals surface area contributed by atoms with Gasteiger partial charge >= 0.3 is 0 Å². The average molecular weight is 304 g/mol. The lowest BCUT2D eigenvalue weighted by Crippen LogP contribution is -2.06. The first kappa shape index (κ1) is 15.4. The van der Waals surface area contributed by atoms with Gasteiger partial charge in [-0.2, -0.15) is 0 Å². The van der Waals surface area contributed by atoms with Gasteiger partial charge in [-0.25, -0.2) is 9.97 Å². The van der Waals surface area contributed by atoms with Crippen molar-refractivity contribution in [2.24, 2.45) is 0 Å². The molecular formula is C15H20N4OS. The minimum Gasteiger partial charge on any atom is -0.497 e. The molecule has 0 saturated heterocycles. The van der Waals surface area contributed by atoms with Gasteiger partial charge in [0.15, 0.2) is 5.16 Å². The summed E-state index contributed by atoms with van der Waals surface area (Å²) in [5, 5.41) is 7.30. The monoisotopic (exact) mass is 304 g/mol. The Morgan fingerprint density at radius 2 is 1.76 bits per heavy atom. The molecule has 2 rings (SSSR count). The van der Waals surface area contributed by atoms with Gasteiger partial charge in [-0.15, -0.1) is 0 Å². The highest BCUT2D eigenvalue weighted by atomic mass is 32.2. The van der Waals surface area contributed by atoms with Crippen molar-refractivity contribution in [1.29, 1.82) is 0 Å². The van der Waals surface area contributed by atoms with E-state index < -0.39 is 0 Å². The topological polar surface area (TPSA) is 59.1 Å². The van der Waals surface area contributed by atoms with Crippen molar-refractivity contribution in [3.05, 3.63) is 35.9 Å². The lowest BCUT2D eigenvalue weighted by atomic mass is 10.2. The number of thioether (sulfide) groups is 1. The summed E-state index contributed by atoms with van der Waals surface area (Å²) in [6, 6.07) is 9.90. The van der Waals surface area contributed by atoms with Crippen molar-refractivity contribution in [3.8, 4) is 5.75 Å². The number of ether oxygens (including phenoxy) is 1. The van der Waals surface area contributed by atoms with E-state index in [1.54, 1.807) is 7.11 Å². The molecule has 112 valence electrons. The van der Waals surface area contributed by atoms with E-state index in [4.69, 9.17) is 4.74 Å². The first-order valence-electron chi connectivity index (χ1n) is 6.79. The molecule has 1 aromatic carbocycles. The third-order valence-corrected chi connectivity index (χ3v) is 3.43. The maximum Gasteiger partial charge on any atom is 0.191 e. The number of hydrogen-bond acceptors (Lipinski definition) is 6. The van der Waals surface area contributed by atoms with Gasteiger partial charge in [0, 0.05) is 19.2 Å². The summed E-state index contributed by atoms with van der Waals surface area (Å²) in [6.07, 6.45) is 1.97. The number of nitrogens with zero attached hydrogens (tertiary/aromatic N) is 2. The third-order valence-electron chi connectivity index (χ3n) is 2.88. The van der Waals surface area contributed by atoms with Crippen LogP contribution in [0.25, 0.3) is 0 Å². The second kappa shape index (κ2) is 7.73. The van der Waals surface area contributed by atoms with Crippen LogP contribution in [0.15, 0.2) is 35.5 Å². The Labute approximate surface area is 129 Å². The molecule has 0 aliphatic carbocycles. The highest BCUT2D eigenvalue weighted by Gasteiger charge is 2.03. The molecule has 0 unspecified atom stereocenters. The molecule has 0 radical (unpaired) electrons. The molecule has 2 aromatic rings. The van der Waals surface area contributed by atoms with Crippen molar-refractivity contribution in [2.75, 3.05) is 30.5 Å². The highest BCUT2D eigenvalue weighted by Crippen LogP contribution is 2.18. The predicted octanol–water partition coefficient (Wildman–Crippen LogP) is 3.25. The van der Waals surface area contributed by atoms with Crippen molar-refractivity contribution in [3.63, 3.8) is 0 Å². The van der Waals surface area contributed by atoms with Gasteiger partial charge in [-0.1, -0.05) is 23.9 Å². The van der Waals surface area contributed by atoms with Gasteiger partial charge in [0.2, 0.25) is 0 Å². The molecule has 1 aromatic heterocycles. The normalized spacial score (nSPS) is 10.2. The fraction of sp³-hybridized carbons (Fsp3) is 0.333. The first-order valence-corrected chi connectivity index (χ1v) is 8.01. The van der Waals surface area contributed by atoms with Gasteiger partial charge in [0.25, 0.3) is 0 Å². The van der Waals surface area contributed by atoms with Crippen LogP contribution in [-0.2, 0) is 6.54 Å². The quantitative estimate of drug-likeness (QED) is 0.605. The molecule has 1 heterocycles. The zero-order valence-corrected chi connectivity index (χ0v) is 13.3. The summed E-state index contributed by atoms with van der Waals surface area (Å²) in [7, 11) is 1.67. The largest absolute Gasteiger partial charge is 0.497 e. The zero-order valence-electron chi connectivity index (χ0n) is 12.5. The van der Waals surface area contributed by atoms with E-state index in [0.717, 1.165) is 29.1 Å². The molecular weight excluding hydrogens is 284 g/mol. The first-order chi connectivity index (χ1) is 10.2. The number of anilines is 2. The van der Waals surface area contributed by atoms with E-state index in [2.05, 4.69) is 20.6 Å². The Kier molecular flexibility index (Phi) is 5.68. The Morgan fingerprint density at radius 1 is 1.10 bits per heavy atom. The fourth-order valence-corrected chi connectivity index (χ4v) is 2.19. The van der Waals surface area contributed by atoms with Crippen molar-refractivity contribution in [2.45, 2.75) is 18.6 Å². The predicted molar refractivity (Wildman–Crippen MR) is 88.3 cm³/mol. The zero-order chi connectivity index (χ0) is 15.1. The van der Waals surface area contributed by atoms with Crippen LogP contribution in [0.1, 0.15) is 12.5 Å². The minimum absolute atomic E-state index is 0.709. The van der Waals surface area contributed by atoms with Crippen LogP contribution in [0.5, 0.6) is 5.75 Å². The molecule has 2 N–H and O–H groups in total. The van der Waals surface area contributed by atoms with E-state index in [1.807, 2.05) is 43.5 Å². The van der Waals surface area contributed by atoms with E-state index >= 15 is 0 Å². The maximum absolute atomic E-state index is 5.15. The summed E-state index contributed by atoms with van der Waals surface area (Å²) >= 11 is 1.53. The van der Waals surface area contributed by atoms with Crippen LogP contribution in [0.4, 0.5) is 11.6 Å². The van der Waals surface area contributed by atoms with Crippen LogP contribution in [0.3, 0.4) is 0 Å². The summed E-state index contributed by atoms with van der Waals surface area (Å²) in [5.41, 5.74) is 1.17. The van der Waals surface area contributed by atoms with Gasteiger partial charge in [-0.05, 0) is 30.9 Å². The van der Waals surface area contributed by atoms with Gasteiger partial charge < -0.3 is 15.4 Å². The van der Waals surface area contributed by atoms with Crippen molar-refractivity contribution >= 4 is 23.4 Å². The summed E-state index contributed by atoms with van der Waals surface area (Å²) in [5.74, 6) is 2.52. The second-order valence-electron chi connectivity index (χ2n) is 4.36. The number of hydrogen-bond donors (Lipinski definition) is 2. The lowest BCUT2D eigenvalue weighted by molar-refractivity contribution is 0.414. The molecule has 21 heavy (non-hydrogen) atoms. The van der Waals surface area contributed by atoms with Gasteiger partial charge in [-0.3, -0.25) is 0 Å². The Balaban J connectivity index is 2.05. The van der Waals surface area contributed by atoms with Gasteiger partial charge in [0.1, 0.15) is 17.4 Å². The smallest absolute Gasteiger partial charge is 0.191 e. The van der Waals surface area contributed by atoms with E-state index in [9.17, 15) is 0 Å². The van der Waals surface area contributed by atoms with Crippen LogP contribution < -0.4 is 15.4 Å². The molecule has 0 fully saturated rings. The van der Waals surface area contributed by atoms with E-state index in [-0.39, 0.29) is 0 Å². The number of benzene rings is 1. The van der Waals surface area contributed by atoms with Crippen molar-refractivity contribution in [1.82, 2.24) is 9.97 Å². The molecule has 0 bridgehead atoms. The summed E-state index contributed by atoms with van der Waals surface area (Å²) in [4.78, 5) is 8.86. The number of nitrogens with one attached hydrogen (secondary N) is 2. The Hall–Kier alpha value is -1.95. The SMILES string of the molecule is CCNc1cc(NCc2ccc(OC)cc2)nc(SC)n1. The summed E-state index contributed by atoms with van der Waals surface area (Å²) < 4.78 is 5.15. The van der Waals surface area contributed by atoms with Crippen LogP contribution in [0.2, 0.25) is 0 Å². The molecule has 6 heteroatoms. The molecule has 0 atom stereocenters. The number of methoxy groups -OCH3 is 1. The number of rotatable bonds is 7. The van der Waals surface area contributed by atoms with Gasteiger partial charge in [0.05, 0.1) is 7.11 Å². The molecule has 0 spiro atoms. The standard InChI is InChI=1S/C15H20N4OS/c1-4-16-13-9-14(19-15(18-13)21-3)17-10-11-5-7-12(20-2)8-6-11/h5-9H,4,10H2,1-3H3,(H2,16,17,18,19). The highest BCUT2D eigenvalue weighted by molar-refractivity contribution is 7.98. The molecule has 0 saturated carbocycles. The third kappa shape index (κ3) is 4.53. The summed E-state index contributed by atoms with van der Waals surface area (Å²) in [6.45, 7) is 3.59. The Bertz CT molecular complexity index is 574. The van der Waals surface area contributed by atoms with Crippen LogP contribution in [0, 0.1) is 0 Å². The molecule has 0 aliphatic heterocycles. The lowest BCUT2D eigenvalue weighted by Gasteiger charge is -2.10. The molecule has 0 amide bonds. The number of aromatic nitrogens is 2. The maximum atomic E-state index is 5.15. The van der Waals surface area contributed by atoms with Crippen LogP contribution >= 0.6 is 11.8 Å². The Morgan fingerprint density at radius 3 is 2.33 bits per heavy atom. The second-order valence-corrected chi connectivity index (χ2v) is 5.13. The average Bonchev–Trinajstić information content (AvgIpc) is 2.53. The van der Waals surface area contributed by atoms with E-state index in [1.165, 1.54) is 17.3 Å². The van der Waals surface area contributed by atoms with Crippen LogP contribution in [-0.4, -0.2) is 29.9 Å². The molecule has 0 aliphatic rings. The molecule has 5 nitrogen and oxygen atoms in total. The van der Waals surface area contributed by atoms with E-state index in [0.29, 0.717) is 6.54 Å². The van der Waals surface area contributed by atoms with Crippen molar-refractivity contribution < 1.29 is 4.74 Å². The fourth-order valence-electron chi connectivity index (χ4n) is 1.81.